The van der Waals surface area contributed by atoms with Crippen molar-refractivity contribution in [2.24, 2.45) is 5.73 Å². The molecule has 2 heterocycles. The van der Waals surface area contributed by atoms with Gasteiger partial charge >= 0.3 is 0 Å². The van der Waals surface area contributed by atoms with E-state index in [1.165, 1.54) is 0 Å². The van der Waals surface area contributed by atoms with Crippen LogP contribution in [0.25, 0.3) is 10.9 Å². The number of hydrogen-bond acceptors (Lipinski definition) is 3. The maximum absolute atomic E-state index is 12.8. The van der Waals surface area contributed by atoms with Gasteiger partial charge in [0.2, 0.25) is 0 Å². The van der Waals surface area contributed by atoms with E-state index in [1.54, 1.807) is 0 Å². The number of carbonyl (C=O) groups excluding carboxylic acids is 1. The second kappa shape index (κ2) is 5.73. The van der Waals surface area contributed by atoms with Crippen molar-refractivity contribution in [1.29, 1.82) is 0 Å². The van der Waals surface area contributed by atoms with Gasteiger partial charge in [0.05, 0.1) is 11.1 Å². The largest absolute Gasteiger partial charge is 0.339 e. The summed E-state index contributed by atoms with van der Waals surface area (Å²) in [4.78, 5) is 19.2. The number of halogens is 1. The van der Waals surface area contributed by atoms with E-state index in [-0.39, 0.29) is 11.9 Å². The summed E-state index contributed by atoms with van der Waals surface area (Å²) in [6, 6.07) is 7.95. The lowest BCUT2D eigenvalue weighted by molar-refractivity contribution is 0.0716. The van der Waals surface area contributed by atoms with E-state index >= 15 is 0 Å². The minimum atomic E-state index is 0.0831. The van der Waals surface area contributed by atoms with E-state index in [1.807, 2.05) is 36.1 Å². The Bertz CT molecular complexity index is 688. The molecule has 0 radical (unpaired) electrons. The first-order valence-electron chi connectivity index (χ1n) is 7.16. The maximum Gasteiger partial charge on any atom is 0.254 e. The van der Waals surface area contributed by atoms with Crippen molar-refractivity contribution >= 4 is 32.7 Å². The molecule has 0 unspecified atom stereocenters. The average molecular weight is 348 g/mol. The molecular formula is C16H18BrN3O. The summed E-state index contributed by atoms with van der Waals surface area (Å²) in [5, 5.41) is 0.906. The van der Waals surface area contributed by atoms with Crippen LogP contribution < -0.4 is 5.73 Å². The highest BCUT2D eigenvalue weighted by atomic mass is 79.9. The molecule has 1 aliphatic rings. The number of rotatable bonds is 1. The molecule has 4 nitrogen and oxygen atoms in total. The van der Waals surface area contributed by atoms with Gasteiger partial charge in [0, 0.05) is 34.7 Å². The Morgan fingerprint density at radius 1 is 1.33 bits per heavy atom. The topological polar surface area (TPSA) is 59.2 Å². The Morgan fingerprint density at radius 3 is 2.76 bits per heavy atom. The van der Waals surface area contributed by atoms with Gasteiger partial charge in [-0.2, -0.15) is 0 Å². The van der Waals surface area contributed by atoms with Crippen LogP contribution in [-0.2, 0) is 0 Å². The third-order valence-electron chi connectivity index (χ3n) is 3.96. The van der Waals surface area contributed by atoms with Crippen LogP contribution in [0.2, 0.25) is 0 Å². The number of aromatic nitrogens is 1. The number of nitrogens with two attached hydrogens (primary N) is 1. The number of pyridine rings is 1. The Morgan fingerprint density at radius 2 is 2.05 bits per heavy atom. The zero-order valence-electron chi connectivity index (χ0n) is 12.0. The SMILES string of the molecule is Cc1cc(C(=O)N2CCC(N)CC2)c2ccc(Br)cc2n1. The number of fused-ring (bicyclic) bond motifs is 1. The van der Waals surface area contributed by atoms with Crippen molar-refractivity contribution in [3.63, 3.8) is 0 Å². The fraction of sp³-hybridized carbons (Fsp3) is 0.375. The molecule has 1 amide bonds. The average Bonchev–Trinajstić information content (AvgIpc) is 2.46. The molecule has 110 valence electrons. The lowest BCUT2D eigenvalue weighted by Gasteiger charge is -2.30. The molecule has 1 fully saturated rings. The van der Waals surface area contributed by atoms with Gasteiger partial charge in [-0.05, 0) is 38.0 Å². The van der Waals surface area contributed by atoms with Crippen molar-refractivity contribution in [3.8, 4) is 0 Å². The zero-order chi connectivity index (χ0) is 15.0. The van der Waals surface area contributed by atoms with Gasteiger partial charge in [-0.3, -0.25) is 9.78 Å². The first-order valence-corrected chi connectivity index (χ1v) is 7.95. The van der Waals surface area contributed by atoms with Gasteiger partial charge in [0.1, 0.15) is 0 Å². The summed E-state index contributed by atoms with van der Waals surface area (Å²) < 4.78 is 0.968. The molecule has 0 bridgehead atoms. The summed E-state index contributed by atoms with van der Waals surface area (Å²) in [7, 11) is 0. The Kier molecular flexibility index (Phi) is 3.95. The van der Waals surface area contributed by atoms with Crippen molar-refractivity contribution in [1.82, 2.24) is 9.88 Å². The number of aryl methyl sites for hydroxylation is 1. The second-order valence-corrected chi connectivity index (χ2v) is 6.52. The molecule has 2 N–H and O–H groups in total. The number of amides is 1. The van der Waals surface area contributed by atoms with Crippen LogP contribution in [0.15, 0.2) is 28.7 Å². The number of carbonyl (C=O) groups is 1. The molecule has 21 heavy (non-hydrogen) atoms. The van der Waals surface area contributed by atoms with Gasteiger partial charge < -0.3 is 10.6 Å². The fourth-order valence-electron chi connectivity index (χ4n) is 2.78. The van der Waals surface area contributed by atoms with E-state index < -0.39 is 0 Å². The maximum atomic E-state index is 12.8. The highest BCUT2D eigenvalue weighted by molar-refractivity contribution is 9.10. The van der Waals surface area contributed by atoms with E-state index in [4.69, 9.17) is 5.73 Å². The molecule has 2 aromatic rings. The molecule has 1 saturated heterocycles. The predicted octanol–water partition coefficient (Wildman–Crippen LogP) is 2.87. The monoisotopic (exact) mass is 347 g/mol. The highest BCUT2D eigenvalue weighted by Gasteiger charge is 2.23. The summed E-state index contributed by atoms with van der Waals surface area (Å²) in [5.41, 5.74) is 8.36. The van der Waals surface area contributed by atoms with Crippen LogP contribution in [0.1, 0.15) is 28.9 Å². The standard InChI is InChI=1S/C16H18BrN3O/c1-10-8-14(13-3-2-11(17)9-15(13)19-10)16(21)20-6-4-12(18)5-7-20/h2-3,8-9,12H,4-7,18H2,1H3. The van der Waals surface area contributed by atoms with Gasteiger partial charge in [0.15, 0.2) is 0 Å². The van der Waals surface area contributed by atoms with Crippen LogP contribution in [0.3, 0.4) is 0 Å². The lowest BCUT2D eigenvalue weighted by Crippen LogP contribution is -2.42. The normalized spacial score (nSPS) is 16.4. The van der Waals surface area contributed by atoms with Crippen molar-refractivity contribution in [2.45, 2.75) is 25.8 Å². The third-order valence-corrected chi connectivity index (χ3v) is 4.45. The smallest absolute Gasteiger partial charge is 0.254 e. The molecule has 5 heteroatoms. The quantitative estimate of drug-likeness (QED) is 0.862. The fourth-order valence-corrected chi connectivity index (χ4v) is 3.13. The molecule has 1 aromatic heterocycles. The molecule has 0 atom stereocenters. The summed E-state index contributed by atoms with van der Waals surface area (Å²) in [6.45, 7) is 3.39. The Balaban J connectivity index is 2.01. The number of piperidine rings is 1. The van der Waals surface area contributed by atoms with E-state index in [0.29, 0.717) is 0 Å². The molecule has 0 saturated carbocycles. The van der Waals surface area contributed by atoms with Crippen LogP contribution >= 0.6 is 15.9 Å². The minimum Gasteiger partial charge on any atom is -0.339 e. The summed E-state index contributed by atoms with van der Waals surface area (Å²) in [5.74, 6) is 0.0831. The molecular weight excluding hydrogens is 330 g/mol. The van der Waals surface area contributed by atoms with Crippen LogP contribution in [0.4, 0.5) is 0 Å². The lowest BCUT2D eigenvalue weighted by atomic mass is 10.0. The number of nitrogens with zero attached hydrogens (tertiary/aromatic N) is 2. The first kappa shape index (κ1) is 14.5. The van der Waals surface area contributed by atoms with Crippen LogP contribution in [0, 0.1) is 6.92 Å². The Hall–Kier alpha value is -1.46. The summed E-state index contributed by atoms with van der Waals surface area (Å²) >= 11 is 3.45. The van der Waals surface area contributed by atoms with Crippen molar-refractivity contribution in [2.75, 3.05) is 13.1 Å². The van der Waals surface area contributed by atoms with Gasteiger partial charge in [-0.15, -0.1) is 0 Å². The third kappa shape index (κ3) is 2.94. The zero-order valence-corrected chi connectivity index (χ0v) is 13.6. The number of likely N-dealkylation sites (tertiary alicyclic amines) is 1. The van der Waals surface area contributed by atoms with Crippen LogP contribution in [-0.4, -0.2) is 34.9 Å². The second-order valence-electron chi connectivity index (χ2n) is 5.60. The Labute approximate surface area is 132 Å². The van der Waals surface area contributed by atoms with E-state index in [9.17, 15) is 4.79 Å². The first-order chi connectivity index (χ1) is 10.0. The molecule has 1 aromatic carbocycles. The van der Waals surface area contributed by atoms with E-state index in [0.717, 1.165) is 52.6 Å². The predicted molar refractivity (Wildman–Crippen MR) is 87.3 cm³/mol. The number of benzene rings is 1. The highest BCUT2D eigenvalue weighted by Crippen LogP contribution is 2.24. The summed E-state index contributed by atoms with van der Waals surface area (Å²) in [6.07, 6.45) is 1.75. The number of hydrogen-bond donors (Lipinski definition) is 1. The molecule has 0 spiro atoms. The van der Waals surface area contributed by atoms with Crippen molar-refractivity contribution in [3.05, 3.63) is 40.0 Å². The van der Waals surface area contributed by atoms with E-state index in [2.05, 4.69) is 20.9 Å². The van der Waals surface area contributed by atoms with Gasteiger partial charge in [0.25, 0.3) is 5.91 Å². The van der Waals surface area contributed by atoms with Gasteiger partial charge in [-0.1, -0.05) is 22.0 Å². The molecule has 1 aliphatic heterocycles. The van der Waals surface area contributed by atoms with Crippen LogP contribution in [0.5, 0.6) is 0 Å². The minimum absolute atomic E-state index is 0.0831. The molecule has 0 aliphatic carbocycles. The van der Waals surface area contributed by atoms with Gasteiger partial charge in [-0.25, -0.2) is 0 Å². The molecule has 3 rings (SSSR count). The van der Waals surface area contributed by atoms with Crippen molar-refractivity contribution < 1.29 is 4.79 Å².